The van der Waals surface area contributed by atoms with Crippen molar-refractivity contribution in [3.63, 3.8) is 0 Å². The zero-order valence-electron chi connectivity index (χ0n) is 8.35. The van der Waals surface area contributed by atoms with Crippen LogP contribution in [-0.2, 0) is 0 Å². The molecule has 14 heavy (non-hydrogen) atoms. The van der Waals surface area contributed by atoms with Gasteiger partial charge in [0.2, 0.25) is 0 Å². The van der Waals surface area contributed by atoms with Crippen LogP contribution in [0.4, 0.5) is 15.8 Å². The normalized spacial score (nSPS) is 10.3. The van der Waals surface area contributed by atoms with Crippen molar-refractivity contribution >= 4 is 27.3 Å². The molecule has 1 aromatic rings. The first-order valence-corrected chi connectivity index (χ1v) is 5.31. The molecule has 4 heteroatoms. The van der Waals surface area contributed by atoms with Gasteiger partial charge in [-0.25, -0.2) is 4.39 Å². The van der Waals surface area contributed by atoms with Gasteiger partial charge < -0.3 is 10.6 Å². The van der Waals surface area contributed by atoms with Crippen molar-refractivity contribution in [2.75, 3.05) is 24.2 Å². The number of nitrogens with two attached hydrogens (primary N) is 1. The molecule has 0 heterocycles. The van der Waals surface area contributed by atoms with Crippen LogP contribution in [0.25, 0.3) is 0 Å². The van der Waals surface area contributed by atoms with E-state index in [1.807, 2.05) is 11.9 Å². The number of nitrogens with zero attached hydrogens (tertiary/aromatic N) is 1. The molecule has 0 spiro atoms. The van der Waals surface area contributed by atoms with Crippen molar-refractivity contribution in [2.24, 2.45) is 0 Å². The van der Waals surface area contributed by atoms with Gasteiger partial charge in [-0.3, -0.25) is 0 Å². The van der Waals surface area contributed by atoms with E-state index in [4.69, 9.17) is 5.73 Å². The second kappa shape index (κ2) is 4.64. The summed E-state index contributed by atoms with van der Waals surface area (Å²) in [6.45, 7) is 2.99. The molecule has 2 N–H and O–H groups in total. The summed E-state index contributed by atoms with van der Waals surface area (Å²) in [6, 6.07) is 3.05. The number of hydrogen-bond donors (Lipinski definition) is 1. The highest BCUT2D eigenvalue weighted by Gasteiger charge is 2.08. The maximum atomic E-state index is 13.1. The zero-order chi connectivity index (χ0) is 10.7. The van der Waals surface area contributed by atoms with Crippen molar-refractivity contribution in [3.05, 3.63) is 22.4 Å². The fraction of sp³-hybridized carbons (Fsp3) is 0.400. The minimum atomic E-state index is -0.323. The Morgan fingerprint density at radius 2 is 2.14 bits per heavy atom. The van der Waals surface area contributed by atoms with Gasteiger partial charge in [-0.05, 0) is 28.4 Å². The maximum Gasteiger partial charge on any atom is 0.139 e. The lowest BCUT2D eigenvalue weighted by Gasteiger charge is -2.20. The summed E-state index contributed by atoms with van der Waals surface area (Å²) in [4.78, 5) is 2.01. The van der Waals surface area contributed by atoms with Crippen molar-refractivity contribution < 1.29 is 4.39 Å². The monoisotopic (exact) mass is 260 g/mol. The minimum Gasteiger partial charge on any atom is -0.397 e. The molecule has 0 aliphatic carbocycles. The summed E-state index contributed by atoms with van der Waals surface area (Å²) in [5.41, 5.74) is 7.05. The Morgan fingerprint density at radius 3 is 2.71 bits per heavy atom. The molecule has 1 aromatic carbocycles. The molecule has 78 valence electrons. The van der Waals surface area contributed by atoms with Crippen LogP contribution in [0.1, 0.15) is 13.3 Å². The third-order valence-electron chi connectivity index (χ3n) is 2.04. The summed E-state index contributed by atoms with van der Waals surface area (Å²) in [6.07, 6.45) is 1.03. The first-order chi connectivity index (χ1) is 6.56. The number of halogens is 2. The van der Waals surface area contributed by atoms with Crippen molar-refractivity contribution in [1.29, 1.82) is 0 Å². The molecule has 0 saturated carbocycles. The standard InChI is InChI=1S/C10H14BrFN2/c1-3-4-14(2)10-5-7(11)8(12)6-9(10)13/h5-6H,3-4,13H2,1-2H3. The zero-order valence-corrected chi connectivity index (χ0v) is 9.94. The molecular weight excluding hydrogens is 247 g/mol. The molecule has 0 atom stereocenters. The van der Waals surface area contributed by atoms with E-state index in [1.165, 1.54) is 6.07 Å². The van der Waals surface area contributed by atoms with Crippen LogP contribution in [0, 0.1) is 5.82 Å². The summed E-state index contributed by atoms with van der Waals surface area (Å²) >= 11 is 3.14. The SMILES string of the molecule is CCCN(C)c1cc(Br)c(F)cc1N. The average Bonchev–Trinajstić information content (AvgIpc) is 2.11. The molecular formula is C10H14BrFN2. The van der Waals surface area contributed by atoms with E-state index in [2.05, 4.69) is 22.9 Å². The van der Waals surface area contributed by atoms with Gasteiger partial charge in [0.05, 0.1) is 15.8 Å². The predicted molar refractivity (Wildman–Crippen MR) is 62.1 cm³/mol. The lowest BCUT2D eigenvalue weighted by molar-refractivity contribution is 0.621. The molecule has 0 radical (unpaired) electrons. The number of anilines is 2. The molecule has 0 aliphatic rings. The van der Waals surface area contributed by atoms with Gasteiger partial charge in [0.25, 0.3) is 0 Å². The van der Waals surface area contributed by atoms with E-state index in [-0.39, 0.29) is 5.82 Å². The maximum absolute atomic E-state index is 13.1. The summed E-state index contributed by atoms with van der Waals surface area (Å²) in [7, 11) is 1.94. The lowest BCUT2D eigenvalue weighted by Crippen LogP contribution is -2.19. The Kier molecular flexibility index (Phi) is 3.75. The largest absolute Gasteiger partial charge is 0.397 e. The van der Waals surface area contributed by atoms with Crippen LogP contribution in [-0.4, -0.2) is 13.6 Å². The van der Waals surface area contributed by atoms with Crippen LogP contribution in [0.15, 0.2) is 16.6 Å². The van der Waals surface area contributed by atoms with Gasteiger partial charge in [-0.2, -0.15) is 0 Å². The molecule has 0 bridgehead atoms. The third kappa shape index (κ3) is 2.38. The number of benzene rings is 1. The van der Waals surface area contributed by atoms with Crippen LogP contribution >= 0.6 is 15.9 Å². The summed E-state index contributed by atoms with van der Waals surface area (Å²) < 4.78 is 13.5. The van der Waals surface area contributed by atoms with Crippen LogP contribution in [0.3, 0.4) is 0 Å². The van der Waals surface area contributed by atoms with Gasteiger partial charge >= 0.3 is 0 Å². The Morgan fingerprint density at radius 1 is 1.50 bits per heavy atom. The van der Waals surface area contributed by atoms with Gasteiger partial charge in [-0.1, -0.05) is 6.92 Å². The highest BCUT2D eigenvalue weighted by Crippen LogP contribution is 2.28. The second-order valence-corrected chi connectivity index (χ2v) is 4.10. The Labute approximate surface area is 92.0 Å². The molecule has 0 aliphatic heterocycles. The first kappa shape index (κ1) is 11.3. The number of rotatable bonds is 3. The topological polar surface area (TPSA) is 29.3 Å². The summed E-state index contributed by atoms with van der Waals surface area (Å²) in [5.74, 6) is -0.323. The molecule has 0 saturated heterocycles. The Hall–Kier alpha value is -0.770. The molecule has 0 fully saturated rings. The molecule has 0 aromatic heterocycles. The summed E-state index contributed by atoms with van der Waals surface area (Å²) in [5, 5.41) is 0. The first-order valence-electron chi connectivity index (χ1n) is 4.52. The van der Waals surface area contributed by atoms with Gasteiger partial charge in [0.1, 0.15) is 5.82 Å². The highest BCUT2D eigenvalue weighted by atomic mass is 79.9. The second-order valence-electron chi connectivity index (χ2n) is 3.25. The van der Waals surface area contributed by atoms with Crippen molar-refractivity contribution in [1.82, 2.24) is 0 Å². The Balaban J connectivity index is 3.02. The predicted octanol–water partition coefficient (Wildman–Crippen LogP) is 3.02. The number of hydrogen-bond acceptors (Lipinski definition) is 2. The van der Waals surface area contributed by atoms with E-state index in [0.717, 1.165) is 18.7 Å². The van der Waals surface area contributed by atoms with Crippen LogP contribution in [0.5, 0.6) is 0 Å². The Bertz CT molecular complexity index is 328. The van der Waals surface area contributed by atoms with E-state index >= 15 is 0 Å². The van der Waals surface area contributed by atoms with Gasteiger partial charge in [-0.15, -0.1) is 0 Å². The smallest absolute Gasteiger partial charge is 0.139 e. The lowest BCUT2D eigenvalue weighted by atomic mass is 10.2. The van der Waals surface area contributed by atoms with Crippen molar-refractivity contribution in [2.45, 2.75) is 13.3 Å². The molecule has 0 unspecified atom stereocenters. The van der Waals surface area contributed by atoms with E-state index in [9.17, 15) is 4.39 Å². The van der Waals surface area contributed by atoms with Crippen LogP contribution < -0.4 is 10.6 Å². The van der Waals surface area contributed by atoms with Crippen LogP contribution in [0.2, 0.25) is 0 Å². The van der Waals surface area contributed by atoms with Gasteiger partial charge in [0, 0.05) is 19.7 Å². The minimum absolute atomic E-state index is 0.323. The fourth-order valence-corrected chi connectivity index (χ4v) is 1.67. The van der Waals surface area contributed by atoms with Crippen molar-refractivity contribution in [3.8, 4) is 0 Å². The van der Waals surface area contributed by atoms with E-state index in [1.54, 1.807) is 6.07 Å². The quantitative estimate of drug-likeness (QED) is 0.847. The van der Waals surface area contributed by atoms with E-state index in [0.29, 0.717) is 10.2 Å². The number of nitrogen functional groups attached to an aromatic ring is 1. The fourth-order valence-electron chi connectivity index (χ4n) is 1.34. The van der Waals surface area contributed by atoms with E-state index < -0.39 is 0 Å². The highest BCUT2D eigenvalue weighted by molar-refractivity contribution is 9.10. The average molecular weight is 261 g/mol. The molecule has 2 nitrogen and oxygen atoms in total. The molecule has 0 amide bonds. The third-order valence-corrected chi connectivity index (χ3v) is 2.65. The molecule has 1 rings (SSSR count). The van der Waals surface area contributed by atoms with Gasteiger partial charge in [0.15, 0.2) is 0 Å².